The molecule has 2 heterocycles. The number of para-hydroxylation sites is 1. The highest BCUT2D eigenvalue weighted by Crippen LogP contribution is 2.22. The van der Waals surface area contributed by atoms with Gasteiger partial charge in [-0.3, -0.25) is 9.59 Å². The van der Waals surface area contributed by atoms with Crippen LogP contribution in [-0.4, -0.2) is 33.0 Å². The van der Waals surface area contributed by atoms with Gasteiger partial charge in [0.1, 0.15) is 17.5 Å². The predicted octanol–water partition coefficient (Wildman–Crippen LogP) is 5.17. The first-order valence-electron chi connectivity index (χ1n) is 11.1. The van der Waals surface area contributed by atoms with Crippen LogP contribution in [0.5, 0.6) is 0 Å². The molecule has 0 saturated heterocycles. The van der Waals surface area contributed by atoms with Crippen molar-refractivity contribution in [3.05, 3.63) is 113 Å². The number of aryl methyl sites for hydroxylation is 1. The smallest absolute Gasteiger partial charge is 0.247 e. The van der Waals surface area contributed by atoms with Crippen LogP contribution in [0, 0.1) is 6.92 Å². The number of carbonyl (C=O) groups is 2. The monoisotopic (exact) mass is 488 g/mol. The van der Waals surface area contributed by atoms with E-state index >= 15 is 0 Å². The summed E-state index contributed by atoms with van der Waals surface area (Å²) in [6.45, 7) is 2.37. The van der Waals surface area contributed by atoms with E-state index in [1.165, 1.54) is 17.2 Å². The Morgan fingerprint density at radius 2 is 1.77 bits per heavy atom. The van der Waals surface area contributed by atoms with Gasteiger partial charge in [0.05, 0.1) is 25.0 Å². The number of nitrogens with zero attached hydrogens (tertiary/aromatic N) is 3. The van der Waals surface area contributed by atoms with E-state index in [2.05, 4.69) is 10.4 Å². The van der Waals surface area contributed by atoms with Crippen LogP contribution in [0.1, 0.15) is 22.6 Å². The first kappa shape index (κ1) is 24.0. The zero-order chi connectivity index (χ0) is 24.6. The number of amides is 2. The summed E-state index contributed by atoms with van der Waals surface area (Å²) in [5.41, 5.74) is 3.08. The van der Waals surface area contributed by atoms with Crippen LogP contribution in [-0.2, 0) is 22.7 Å². The minimum Gasteiger partial charge on any atom is -0.467 e. The standard InChI is InChI=1S/C27H25ClN4O3/c1-20-24(27(28)32(30-20)17-21-9-4-2-5-10-21)14-15-26(34)31(18-23-13-8-16-35-23)19-25(33)29-22-11-6-3-7-12-22/h2-16H,17-19H2,1H3,(H,29,33)/b15-14+. The van der Waals surface area contributed by atoms with Gasteiger partial charge in [0, 0.05) is 17.3 Å². The molecule has 7 nitrogen and oxygen atoms in total. The third-order valence-corrected chi connectivity index (χ3v) is 5.71. The van der Waals surface area contributed by atoms with Crippen LogP contribution >= 0.6 is 11.6 Å². The molecule has 0 aliphatic carbocycles. The lowest BCUT2D eigenvalue weighted by molar-refractivity contribution is -0.131. The summed E-state index contributed by atoms with van der Waals surface area (Å²) in [5, 5.41) is 7.76. The highest BCUT2D eigenvalue weighted by Gasteiger charge is 2.18. The Labute approximate surface area is 208 Å². The molecule has 0 atom stereocenters. The number of aromatic nitrogens is 2. The predicted molar refractivity (Wildman–Crippen MR) is 136 cm³/mol. The Bertz CT molecular complexity index is 1300. The van der Waals surface area contributed by atoms with E-state index < -0.39 is 0 Å². The molecule has 0 unspecified atom stereocenters. The first-order valence-corrected chi connectivity index (χ1v) is 11.5. The molecule has 0 aliphatic rings. The normalized spacial score (nSPS) is 11.0. The van der Waals surface area contributed by atoms with Crippen molar-refractivity contribution in [3.63, 3.8) is 0 Å². The summed E-state index contributed by atoms with van der Waals surface area (Å²) in [7, 11) is 0. The van der Waals surface area contributed by atoms with Gasteiger partial charge in [-0.2, -0.15) is 5.10 Å². The number of anilines is 1. The summed E-state index contributed by atoms with van der Waals surface area (Å²) in [5.74, 6) is -0.0885. The average molecular weight is 489 g/mol. The SMILES string of the molecule is Cc1nn(Cc2ccccc2)c(Cl)c1/C=C/C(=O)N(CC(=O)Nc1ccccc1)Cc1ccco1. The number of nitrogens with one attached hydrogen (secondary N) is 1. The second kappa shape index (κ2) is 11.4. The van der Waals surface area contributed by atoms with Crippen LogP contribution in [0.25, 0.3) is 6.08 Å². The third kappa shape index (κ3) is 6.49. The van der Waals surface area contributed by atoms with E-state index in [1.54, 1.807) is 35.0 Å². The summed E-state index contributed by atoms with van der Waals surface area (Å²) in [6, 6.07) is 22.5. The molecule has 4 aromatic rings. The molecule has 8 heteroatoms. The number of rotatable bonds is 9. The van der Waals surface area contributed by atoms with Crippen molar-refractivity contribution in [2.45, 2.75) is 20.0 Å². The molecule has 0 radical (unpaired) electrons. The van der Waals surface area contributed by atoms with Crippen molar-refractivity contribution in [3.8, 4) is 0 Å². The lowest BCUT2D eigenvalue weighted by atomic mass is 10.2. The van der Waals surface area contributed by atoms with Gasteiger partial charge in [-0.15, -0.1) is 0 Å². The number of furan rings is 1. The summed E-state index contributed by atoms with van der Waals surface area (Å²) >= 11 is 6.58. The second-order valence-corrected chi connectivity index (χ2v) is 8.31. The fourth-order valence-electron chi connectivity index (χ4n) is 3.58. The average Bonchev–Trinajstić information content (AvgIpc) is 3.46. The minimum atomic E-state index is -0.351. The van der Waals surface area contributed by atoms with Crippen LogP contribution < -0.4 is 5.32 Å². The quantitative estimate of drug-likeness (QED) is 0.330. The largest absolute Gasteiger partial charge is 0.467 e. The number of halogens is 1. The fourth-order valence-corrected chi connectivity index (χ4v) is 3.87. The molecule has 0 saturated carbocycles. The Morgan fingerprint density at radius 3 is 2.46 bits per heavy atom. The van der Waals surface area contributed by atoms with Crippen molar-refractivity contribution >= 4 is 35.2 Å². The van der Waals surface area contributed by atoms with Gasteiger partial charge in [0.2, 0.25) is 11.8 Å². The van der Waals surface area contributed by atoms with Crippen LogP contribution in [0.15, 0.2) is 89.6 Å². The lowest BCUT2D eigenvalue weighted by Gasteiger charge is -2.19. The summed E-state index contributed by atoms with van der Waals surface area (Å²) in [4.78, 5) is 27.1. The van der Waals surface area contributed by atoms with Gasteiger partial charge < -0.3 is 14.6 Å². The highest BCUT2D eigenvalue weighted by molar-refractivity contribution is 6.31. The third-order valence-electron chi connectivity index (χ3n) is 5.31. The Hall–Kier alpha value is -4.10. The van der Waals surface area contributed by atoms with E-state index in [0.29, 0.717) is 34.4 Å². The molecule has 0 bridgehead atoms. The number of carbonyl (C=O) groups excluding carboxylic acids is 2. The fraction of sp³-hybridized carbons (Fsp3) is 0.148. The van der Waals surface area contributed by atoms with Crippen LogP contribution in [0.2, 0.25) is 5.15 Å². The molecular weight excluding hydrogens is 464 g/mol. The summed E-state index contributed by atoms with van der Waals surface area (Å²) in [6.07, 6.45) is 4.57. The van der Waals surface area contributed by atoms with Crippen molar-refractivity contribution < 1.29 is 14.0 Å². The van der Waals surface area contributed by atoms with Crippen molar-refractivity contribution in [2.75, 3.05) is 11.9 Å². The highest BCUT2D eigenvalue weighted by atomic mass is 35.5. The van der Waals surface area contributed by atoms with Gasteiger partial charge in [-0.05, 0) is 42.8 Å². The lowest BCUT2D eigenvalue weighted by Crippen LogP contribution is -2.36. The van der Waals surface area contributed by atoms with Gasteiger partial charge in [0.25, 0.3) is 0 Å². The molecule has 0 spiro atoms. The summed E-state index contributed by atoms with van der Waals surface area (Å²) < 4.78 is 7.09. The number of hydrogen-bond acceptors (Lipinski definition) is 4. The Balaban J connectivity index is 1.49. The van der Waals surface area contributed by atoms with Crippen molar-refractivity contribution in [1.29, 1.82) is 0 Å². The van der Waals surface area contributed by atoms with Gasteiger partial charge in [-0.1, -0.05) is 60.1 Å². The van der Waals surface area contributed by atoms with Gasteiger partial charge >= 0.3 is 0 Å². The zero-order valence-electron chi connectivity index (χ0n) is 19.2. The van der Waals surface area contributed by atoms with E-state index in [9.17, 15) is 9.59 Å². The minimum absolute atomic E-state index is 0.140. The van der Waals surface area contributed by atoms with E-state index in [4.69, 9.17) is 16.0 Å². The molecule has 178 valence electrons. The van der Waals surface area contributed by atoms with Crippen molar-refractivity contribution in [2.24, 2.45) is 0 Å². The van der Waals surface area contributed by atoms with Crippen molar-refractivity contribution in [1.82, 2.24) is 14.7 Å². The van der Waals surface area contributed by atoms with Gasteiger partial charge in [0.15, 0.2) is 0 Å². The maximum Gasteiger partial charge on any atom is 0.247 e. The molecular formula is C27H25ClN4O3. The van der Waals surface area contributed by atoms with Crippen LogP contribution in [0.4, 0.5) is 5.69 Å². The molecule has 1 N–H and O–H groups in total. The van der Waals surface area contributed by atoms with Crippen LogP contribution in [0.3, 0.4) is 0 Å². The number of hydrogen-bond donors (Lipinski definition) is 1. The van der Waals surface area contributed by atoms with E-state index in [1.807, 2.05) is 55.5 Å². The Morgan fingerprint density at radius 1 is 1.06 bits per heavy atom. The zero-order valence-corrected chi connectivity index (χ0v) is 20.0. The molecule has 0 aliphatic heterocycles. The maximum atomic E-state index is 13.1. The number of benzene rings is 2. The van der Waals surface area contributed by atoms with E-state index in [-0.39, 0.29) is 24.9 Å². The molecule has 0 fully saturated rings. The molecule has 2 aromatic heterocycles. The molecule has 2 aromatic carbocycles. The second-order valence-electron chi connectivity index (χ2n) is 7.95. The molecule has 4 rings (SSSR count). The molecule has 2 amide bonds. The Kier molecular flexibility index (Phi) is 7.80. The van der Waals surface area contributed by atoms with Gasteiger partial charge in [-0.25, -0.2) is 4.68 Å². The van der Waals surface area contributed by atoms with E-state index in [0.717, 1.165) is 5.56 Å². The maximum absolute atomic E-state index is 13.1. The topological polar surface area (TPSA) is 80.4 Å². The molecule has 35 heavy (non-hydrogen) atoms. The first-order chi connectivity index (χ1) is 17.0.